The molecule has 0 saturated heterocycles. The maximum absolute atomic E-state index is 8.65. The van der Waals surface area contributed by atoms with Gasteiger partial charge in [0.05, 0.1) is 0 Å². The SMILES string of the molecule is CCC(O)OC(C)O. The van der Waals surface area contributed by atoms with Crippen LogP contribution < -0.4 is 0 Å². The van der Waals surface area contributed by atoms with Gasteiger partial charge in [0.15, 0.2) is 12.6 Å². The first-order valence-corrected chi connectivity index (χ1v) is 2.68. The number of hydrogen-bond donors (Lipinski definition) is 2. The first kappa shape index (κ1) is 7.88. The van der Waals surface area contributed by atoms with Crippen LogP contribution in [0.25, 0.3) is 0 Å². The van der Waals surface area contributed by atoms with Gasteiger partial charge in [-0.25, -0.2) is 0 Å². The van der Waals surface area contributed by atoms with Crippen LogP contribution in [-0.4, -0.2) is 22.8 Å². The first-order valence-electron chi connectivity index (χ1n) is 2.68. The lowest BCUT2D eigenvalue weighted by Gasteiger charge is -2.10. The lowest BCUT2D eigenvalue weighted by atomic mass is 10.5. The maximum Gasteiger partial charge on any atom is 0.157 e. The molecular weight excluding hydrogens is 108 g/mol. The Balaban J connectivity index is 3.10. The Labute approximate surface area is 48.9 Å². The van der Waals surface area contributed by atoms with Crippen molar-refractivity contribution >= 4 is 0 Å². The summed E-state index contributed by atoms with van der Waals surface area (Å²) in [5.41, 5.74) is 0. The lowest BCUT2D eigenvalue weighted by Crippen LogP contribution is -2.17. The second kappa shape index (κ2) is 3.83. The van der Waals surface area contributed by atoms with Crippen LogP contribution in [0.5, 0.6) is 0 Å². The smallest absolute Gasteiger partial charge is 0.157 e. The molecule has 0 aliphatic heterocycles. The predicted molar refractivity (Wildman–Crippen MR) is 29.1 cm³/mol. The minimum atomic E-state index is -0.870. The molecule has 0 amide bonds. The molecule has 0 fully saturated rings. The fourth-order valence-corrected chi connectivity index (χ4v) is 0.324. The summed E-state index contributed by atoms with van der Waals surface area (Å²) in [6.45, 7) is 3.23. The summed E-state index contributed by atoms with van der Waals surface area (Å²) < 4.78 is 4.51. The Bertz CT molecular complexity index is 53.6. The largest absolute Gasteiger partial charge is 0.368 e. The summed E-state index contributed by atoms with van der Waals surface area (Å²) in [6, 6.07) is 0. The topological polar surface area (TPSA) is 49.7 Å². The highest BCUT2D eigenvalue weighted by atomic mass is 16.7. The molecule has 50 valence electrons. The van der Waals surface area contributed by atoms with Gasteiger partial charge in [-0.3, -0.25) is 0 Å². The summed E-state index contributed by atoms with van der Waals surface area (Å²) in [6.07, 6.45) is -1.19. The van der Waals surface area contributed by atoms with Crippen LogP contribution in [-0.2, 0) is 4.74 Å². The van der Waals surface area contributed by atoms with Crippen molar-refractivity contribution in [1.29, 1.82) is 0 Å². The van der Waals surface area contributed by atoms with E-state index < -0.39 is 12.6 Å². The fraction of sp³-hybridized carbons (Fsp3) is 1.00. The minimum absolute atomic E-state index is 0.505. The van der Waals surface area contributed by atoms with E-state index in [1.165, 1.54) is 6.92 Å². The lowest BCUT2D eigenvalue weighted by molar-refractivity contribution is -0.199. The van der Waals surface area contributed by atoms with E-state index in [-0.39, 0.29) is 0 Å². The third kappa shape index (κ3) is 4.05. The van der Waals surface area contributed by atoms with Crippen molar-refractivity contribution in [3.8, 4) is 0 Å². The molecule has 3 heteroatoms. The van der Waals surface area contributed by atoms with Gasteiger partial charge in [0.1, 0.15) is 0 Å². The molecule has 0 rings (SSSR count). The maximum atomic E-state index is 8.65. The van der Waals surface area contributed by atoms with Crippen molar-refractivity contribution in [3.63, 3.8) is 0 Å². The van der Waals surface area contributed by atoms with Crippen LogP contribution in [0, 0.1) is 0 Å². The van der Waals surface area contributed by atoms with Gasteiger partial charge < -0.3 is 14.9 Å². The van der Waals surface area contributed by atoms with Crippen molar-refractivity contribution in [2.75, 3.05) is 0 Å². The van der Waals surface area contributed by atoms with Gasteiger partial charge >= 0.3 is 0 Å². The van der Waals surface area contributed by atoms with E-state index in [1.807, 2.05) is 0 Å². The molecule has 2 N–H and O–H groups in total. The number of aliphatic hydroxyl groups excluding tert-OH is 2. The standard InChI is InChI=1S/C5H12O3/c1-3-5(7)8-4(2)6/h4-7H,3H2,1-2H3. The second-order valence-electron chi connectivity index (χ2n) is 1.60. The molecule has 3 nitrogen and oxygen atoms in total. The minimum Gasteiger partial charge on any atom is -0.368 e. The van der Waals surface area contributed by atoms with Crippen LogP contribution in [0.4, 0.5) is 0 Å². The van der Waals surface area contributed by atoms with E-state index in [9.17, 15) is 0 Å². The highest BCUT2D eigenvalue weighted by Gasteiger charge is 2.02. The van der Waals surface area contributed by atoms with E-state index in [1.54, 1.807) is 6.92 Å². The van der Waals surface area contributed by atoms with Crippen molar-refractivity contribution in [3.05, 3.63) is 0 Å². The molecule has 0 aromatic rings. The molecule has 2 unspecified atom stereocenters. The molecular formula is C5H12O3. The van der Waals surface area contributed by atoms with E-state index in [2.05, 4.69) is 4.74 Å². The summed E-state index contributed by atoms with van der Waals surface area (Å²) >= 11 is 0. The average Bonchev–Trinajstić information content (AvgIpc) is 1.65. The van der Waals surface area contributed by atoms with Crippen LogP contribution in [0.15, 0.2) is 0 Å². The summed E-state index contributed by atoms with van der Waals surface area (Å²) in [7, 11) is 0. The zero-order valence-corrected chi connectivity index (χ0v) is 5.16. The van der Waals surface area contributed by atoms with Crippen LogP contribution >= 0.6 is 0 Å². The van der Waals surface area contributed by atoms with Gasteiger partial charge in [-0.05, 0) is 13.3 Å². The number of ether oxygens (including phenoxy) is 1. The number of hydrogen-bond acceptors (Lipinski definition) is 3. The van der Waals surface area contributed by atoms with E-state index in [4.69, 9.17) is 10.2 Å². The average molecular weight is 120 g/mol. The molecule has 0 saturated carbocycles. The highest BCUT2D eigenvalue weighted by molar-refractivity contribution is 4.33. The molecule has 0 aromatic heterocycles. The molecule has 0 radical (unpaired) electrons. The van der Waals surface area contributed by atoms with E-state index >= 15 is 0 Å². The molecule has 0 spiro atoms. The molecule has 8 heavy (non-hydrogen) atoms. The molecule has 0 aliphatic carbocycles. The van der Waals surface area contributed by atoms with Crippen molar-refractivity contribution in [1.82, 2.24) is 0 Å². The zero-order chi connectivity index (χ0) is 6.57. The van der Waals surface area contributed by atoms with E-state index in [0.717, 1.165) is 0 Å². The number of rotatable bonds is 3. The Kier molecular flexibility index (Phi) is 3.77. The van der Waals surface area contributed by atoms with Crippen molar-refractivity contribution in [2.45, 2.75) is 32.8 Å². The van der Waals surface area contributed by atoms with Gasteiger partial charge in [0.25, 0.3) is 0 Å². The third-order valence-corrected chi connectivity index (χ3v) is 0.703. The normalized spacial score (nSPS) is 18.0. The highest BCUT2D eigenvalue weighted by Crippen LogP contribution is 1.94. The first-order chi connectivity index (χ1) is 3.66. The number of aliphatic hydroxyl groups is 2. The third-order valence-electron chi connectivity index (χ3n) is 0.703. The fourth-order valence-electron chi connectivity index (χ4n) is 0.324. The van der Waals surface area contributed by atoms with Crippen LogP contribution in [0.1, 0.15) is 20.3 Å². The summed E-state index contributed by atoms with van der Waals surface area (Å²) in [4.78, 5) is 0. The molecule has 2 atom stereocenters. The van der Waals surface area contributed by atoms with Gasteiger partial charge in [-0.15, -0.1) is 0 Å². The molecule has 0 heterocycles. The van der Waals surface area contributed by atoms with Gasteiger partial charge in [-0.1, -0.05) is 6.92 Å². The summed E-state index contributed by atoms with van der Waals surface area (Å²) in [5, 5.41) is 17.1. The monoisotopic (exact) mass is 120 g/mol. The molecule has 0 aromatic carbocycles. The molecule has 0 aliphatic rings. The van der Waals surface area contributed by atoms with Gasteiger partial charge in [-0.2, -0.15) is 0 Å². The second-order valence-corrected chi connectivity index (χ2v) is 1.60. The Hall–Kier alpha value is -0.120. The van der Waals surface area contributed by atoms with E-state index in [0.29, 0.717) is 6.42 Å². The Morgan fingerprint density at radius 2 is 2.00 bits per heavy atom. The quantitative estimate of drug-likeness (QED) is 0.518. The van der Waals surface area contributed by atoms with Crippen LogP contribution in [0.2, 0.25) is 0 Å². The van der Waals surface area contributed by atoms with Gasteiger partial charge in [0.2, 0.25) is 0 Å². The van der Waals surface area contributed by atoms with Crippen LogP contribution in [0.3, 0.4) is 0 Å². The van der Waals surface area contributed by atoms with Crippen molar-refractivity contribution in [2.24, 2.45) is 0 Å². The Morgan fingerprint density at radius 3 is 2.12 bits per heavy atom. The molecule has 0 bridgehead atoms. The Morgan fingerprint density at radius 1 is 1.50 bits per heavy atom. The van der Waals surface area contributed by atoms with Gasteiger partial charge in [0, 0.05) is 0 Å². The predicted octanol–water partition coefficient (Wildman–Crippen LogP) is 0.0697. The zero-order valence-electron chi connectivity index (χ0n) is 5.16. The summed E-state index contributed by atoms with van der Waals surface area (Å²) in [5.74, 6) is 0. The van der Waals surface area contributed by atoms with Crippen molar-refractivity contribution < 1.29 is 14.9 Å².